The zero-order valence-corrected chi connectivity index (χ0v) is 18.3. The zero-order chi connectivity index (χ0) is 23.1. The van der Waals surface area contributed by atoms with Crippen molar-refractivity contribution in [2.24, 2.45) is 5.92 Å². The number of Topliss-reactive ketones (excluding diaryl/α,β-unsaturated/α-hetero) is 1. The van der Waals surface area contributed by atoms with E-state index in [9.17, 15) is 19.2 Å². The quantitative estimate of drug-likeness (QED) is 0.600. The predicted octanol–water partition coefficient (Wildman–Crippen LogP) is 2.38. The molecule has 2 amide bonds. The molecular formula is C24H28N2O6. The van der Waals surface area contributed by atoms with Gasteiger partial charge in [-0.15, -0.1) is 0 Å². The van der Waals surface area contributed by atoms with E-state index >= 15 is 0 Å². The molecule has 0 spiro atoms. The summed E-state index contributed by atoms with van der Waals surface area (Å²) in [7, 11) is 1.30. The molecular weight excluding hydrogens is 412 g/mol. The van der Waals surface area contributed by atoms with Crippen molar-refractivity contribution in [3.63, 3.8) is 0 Å². The summed E-state index contributed by atoms with van der Waals surface area (Å²) in [6.07, 6.45) is 2.88. The third kappa shape index (κ3) is 5.63. The highest BCUT2D eigenvalue weighted by Gasteiger charge is 2.37. The number of hydrogen-bond donors (Lipinski definition) is 1. The van der Waals surface area contributed by atoms with Gasteiger partial charge in [-0.3, -0.25) is 14.4 Å². The highest BCUT2D eigenvalue weighted by atomic mass is 16.5. The molecule has 1 fully saturated rings. The van der Waals surface area contributed by atoms with E-state index in [1.165, 1.54) is 24.3 Å². The maximum absolute atomic E-state index is 13.1. The minimum Gasteiger partial charge on any atom is -0.467 e. The number of ketones is 1. The summed E-state index contributed by atoms with van der Waals surface area (Å²) in [5.74, 6) is -1.98. The second-order valence-corrected chi connectivity index (χ2v) is 7.98. The van der Waals surface area contributed by atoms with Crippen LogP contribution in [0.1, 0.15) is 42.3 Å². The zero-order valence-electron chi connectivity index (χ0n) is 18.3. The predicted molar refractivity (Wildman–Crippen MR) is 116 cm³/mol. The summed E-state index contributed by atoms with van der Waals surface area (Å²) >= 11 is 0. The van der Waals surface area contributed by atoms with Crippen molar-refractivity contribution in [3.05, 3.63) is 60.1 Å². The number of nitrogens with one attached hydrogen (secondary N) is 1. The molecule has 1 aliphatic rings. The SMILES string of the molecule is COC(=O)[C@@H]1CCCN1C(=O)C(C)CC(=O)C(Cc1ccccc1)NC(=O)c1ccco1. The van der Waals surface area contributed by atoms with Gasteiger partial charge in [-0.1, -0.05) is 37.3 Å². The molecule has 32 heavy (non-hydrogen) atoms. The normalized spacial score (nSPS) is 17.4. The highest BCUT2D eigenvalue weighted by Crippen LogP contribution is 2.22. The van der Waals surface area contributed by atoms with E-state index in [0.29, 0.717) is 25.8 Å². The van der Waals surface area contributed by atoms with Crippen molar-refractivity contribution in [2.45, 2.75) is 44.7 Å². The molecule has 1 aromatic heterocycles. The lowest BCUT2D eigenvalue weighted by Crippen LogP contribution is -2.46. The van der Waals surface area contributed by atoms with Crippen molar-refractivity contribution < 1.29 is 28.3 Å². The fourth-order valence-electron chi connectivity index (χ4n) is 3.96. The number of rotatable bonds is 9. The lowest BCUT2D eigenvalue weighted by Gasteiger charge is -2.26. The van der Waals surface area contributed by atoms with Crippen LogP contribution in [-0.2, 0) is 25.5 Å². The largest absolute Gasteiger partial charge is 0.467 e. The second-order valence-electron chi connectivity index (χ2n) is 7.98. The van der Waals surface area contributed by atoms with Gasteiger partial charge in [-0.05, 0) is 37.0 Å². The van der Waals surface area contributed by atoms with Gasteiger partial charge >= 0.3 is 5.97 Å². The summed E-state index contributed by atoms with van der Waals surface area (Å²) < 4.78 is 9.93. The van der Waals surface area contributed by atoms with Crippen LogP contribution in [-0.4, -0.2) is 54.2 Å². The lowest BCUT2D eigenvalue weighted by molar-refractivity contribution is -0.152. The molecule has 1 aliphatic heterocycles. The maximum Gasteiger partial charge on any atom is 0.328 e. The molecule has 0 saturated carbocycles. The van der Waals surface area contributed by atoms with Crippen molar-refractivity contribution in [1.82, 2.24) is 10.2 Å². The summed E-state index contributed by atoms with van der Waals surface area (Å²) in [5, 5.41) is 2.74. The number of likely N-dealkylation sites (tertiary alicyclic amines) is 1. The minimum atomic E-state index is -0.819. The molecule has 170 valence electrons. The van der Waals surface area contributed by atoms with Gasteiger partial charge in [0.25, 0.3) is 5.91 Å². The van der Waals surface area contributed by atoms with Crippen molar-refractivity contribution >= 4 is 23.6 Å². The van der Waals surface area contributed by atoms with E-state index in [1.54, 1.807) is 13.0 Å². The lowest BCUT2D eigenvalue weighted by atomic mass is 9.94. The summed E-state index contributed by atoms with van der Waals surface area (Å²) in [6, 6.07) is 11.0. The smallest absolute Gasteiger partial charge is 0.328 e. The molecule has 2 heterocycles. The standard InChI is InChI=1S/C24H28N2O6/c1-16(23(29)26-12-6-10-19(26)24(30)31-2)14-20(27)18(15-17-8-4-3-5-9-17)25-22(28)21-11-7-13-32-21/h3-5,7-9,11,13,16,18-19H,6,10,12,14-15H2,1-2H3,(H,25,28)/t16?,18?,19-/m0/s1. The Kier molecular flexibility index (Phi) is 7.81. The van der Waals surface area contributed by atoms with Crippen molar-refractivity contribution in [1.29, 1.82) is 0 Å². The van der Waals surface area contributed by atoms with Gasteiger partial charge < -0.3 is 19.4 Å². The second kappa shape index (κ2) is 10.7. The third-order valence-electron chi connectivity index (χ3n) is 5.66. The number of esters is 1. The van der Waals surface area contributed by atoms with Crippen LogP contribution in [0.5, 0.6) is 0 Å². The molecule has 1 saturated heterocycles. The molecule has 1 N–H and O–H groups in total. The van der Waals surface area contributed by atoms with Crippen molar-refractivity contribution in [2.75, 3.05) is 13.7 Å². The number of benzene rings is 1. The minimum absolute atomic E-state index is 0.0564. The van der Waals surface area contributed by atoms with E-state index < -0.39 is 29.9 Å². The van der Waals surface area contributed by atoms with Crippen LogP contribution in [0.25, 0.3) is 0 Å². The molecule has 1 aromatic carbocycles. The van der Waals surface area contributed by atoms with Gasteiger partial charge in [0.05, 0.1) is 19.4 Å². The molecule has 3 atom stereocenters. The molecule has 3 rings (SSSR count). The molecule has 0 bridgehead atoms. The Morgan fingerprint density at radius 3 is 2.56 bits per heavy atom. The molecule has 8 heteroatoms. The fourth-order valence-corrected chi connectivity index (χ4v) is 3.96. The van der Waals surface area contributed by atoms with Crippen LogP contribution >= 0.6 is 0 Å². The van der Waals surface area contributed by atoms with E-state index in [1.807, 2.05) is 30.3 Å². The van der Waals surface area contributed by atoms with Crippen LogP contribution in [0, 0.1) is 5.92 Å². The highest BCUT2D eigenvalue weighted by molar-refractivity contribution is 5.97. The number of hydrogen-bond acceptors (Lipinski definition) is 6. The Labute approximate surface area is 186 Å². The first-order chi connectivity index (χ1) is 15.4. The monoisotopic (exact) mass is 440 g/mol. The van der Waals surface area contributed by atoms with E-state index in [0.717, 1.165) is 5.56 Å². The number of amides is 2. The fraction of sp³-hybridized carbons (Fsp3) is 0.417. The van der Waals surface area contributed by atoms with Crippen LogP contribution in [0.15, 0.2) is 53.1 Å². The van der Waals surface area contributed by atoms with Gasteiger partial charge in [-0.25, -0.2) is 4.79 Å². The molecule has 0 radical (unpaired) electrons. The number of carbonyl (C=O) groups excluding carboxylic acids is 4. The average Bonchev–Trinajstić information content (AvgIpc) is 3.50. The average molecular weight is 440 g/mol. The Hall–Kier alpha value is -3.42. The summed E-state index contributed by atoms with van der Waals surface area (Å²) in [6.45, 7) is 2.13. The van der Waals surface area contributed by atoms with Crippen LogP contribution in [0.4, 0.5) is 0 Å². The van der Waals surface area contributed by atoms with Gasteiger partial charge in [-0.2, -0.15) is 0 Å². The van der Waals surface area contributed by atoms with Gasteiger partial charge in [0.15, 0.2) is 11.5 Å². The van der Waals surface area contributed by atoms with E-state index in [-0.39, 0.29) is 23.9 Å². The Morgan fingerprint density at radius 2 is 1.91 bits per heavy atom. The number of methoxy groups -OCH3 is 1. The van der Waals surface area contributed by atoms with Crippen LogP contribution in [0.3, 0.4) is 0 Å². The van der Waals surface area contributed by atoms with Crippen molar-refractivity contribution in [3.8, 4) is 0 Å². The first kappa shape index (κ1) is 23.2. The molecule has 2 aromatic rings. The Balaban J connectivity index is 1.69. The van der Waals surface area contributed by atoms with Gasteiger partial charge in [0, 0.05) is 18.9 Å². The Bertz CT molecular complexity index is 941. The third-order valence-corrected chi connectivity index (χ3v) is 5.66. The number of furan rings is 1. The number of nitrogens with zero attached hydrogens (tertiary/aromatic N) is 1. The van der Waals surface area contributed by atoms with E-state index in [4.69, 9.17) is 9.15 Å². The number of ether oxygens (including phenoxy) is 1. The van der Waals surface area contributed by atoms with Gasteiger partial charge in [0.1, 0.15) is 6.04 Å². The van der Waals surface area contributed by atoms with Gasteiger partial charge in [0.2, 0.25) is 5.91 Å². The molecule has 2 unspecified atom stereocenters. The van der Waals surface area contributed by atoms with Crippen LogP contribution in [0.2, 0.25) is 0 Å². The van der Waals surface area contributed by atoms with E-state index in [2.05, 4.69) is 5.32 Å². The molecule has 0 aliphatic carbocycles. The topological polar surface area (TPSA) is 106 Å². The Morgan fingerprint density at radius 1 is 1.16 bits per heavy atom. The summed E-state index contributed by atoms with van der Waals surface area (Å²) in [4.78, 5) is 52.1. The first-order valence-corrected chi connectivity index (χ1v) is 10.7. The summed E-state index contributed by atoms with van der Waals surface area (Å²) in [5.41, 5.74) is 0.884. The first-order valence-electron chi connectivity index (χ1n) is 10.7. The van der Waals surface area contributed by atoms with Crippen LogP contribution < -0.4 is 5.32 Å². The maximum atomic E-state index is 13.1. The number of carbonyl (C=O) groups is 4. The molecule has 8 nitrogen and oxygen atoms in total.